The maximum absolute atomic E-state index is 12.3. The number of thiazole rings is 1. The number of aromatic nitrogens is 1. The minimum Gasteiger partial charge on any atom is -0.337 e. The van der Waals surface area contributed by atoms with Gasteiger partial charge in [0.1, 0.15) is 0 Å². The molecule has 0 saturated carbocycles. The second-order valence-electron chi connectivity index (χ2n) is 5.07. The van der Waals surface area contributed by atoms with Gasteiger partial charge >= 0.3 is 0 Å². The Hall–Kier alpha value is -0.740. The maximum atomic E-state index is 12.3. The van der Waals surface area contributed by atoms with Crippen LogP contribution in [0.25, 0.3) is 0 Å². The number of halogens is 1. The predicted octanol–water partition coefficient (Wildman–Crippen LogP) is 0.0612. The first-order valence-corrected chi connectivity index (χ1v) is 8.88. The molecule has 3 rings (SSSR count). The van der Waals surface area contributed by atoms with Gasteiger partial charge in [0.2, 0.25) is 10.0 Å². The molecule has 1 aromatic heterocycles. The standard InChI is InChI=1S/C11H16N4O3S2.ClH/c12-20(17,18)7-1-3-15(4-2-7)11(16)10-14-8-5-13-6-9(8)19-10;/h7,13H,1-6H2,(H2,12,17,18);1H. The number of fused-ring (bicyclic) bond motifs is 1. The third-order valence-electron chi connectivity index (χ3n) is 3.73. The van der Waals surface area contributed by atoms with Crippen LogP contribution in [0.2, 0.25) is 0 Å². The quantitative estimate of drug-likeness (QED) is 0.783. The predicted molar refractivity (Wildman–Crippen MR) is 81.9 cm³/mol. The number of likely N-dealkylation sites (tertiary alicyclic amines) is 1. The molecular formula is C11H17ClN4O3S2. The Morgan fingerprint density at radius 1 is 1.33 bits per heavy atom. The molecule has 3 N–H and O–H groups in total. The van der Waals surface area contributed by atoms with Crippen molar-refractivity contribution in [3.63, 3.8) is 0 Å². The van der Waals surface area contributed by atoms with Gasteiger partial charge in [0, 0.05) is 31.1 Å². The molecule has 2 aliphatic rings. The zero-order valence-corrected chi connectivity index (χ0v) is 13.7. The van der Waals surface area contributed by atoms with Crippen molar-refractivity contribution in [2.24, 2.45) is 5.14 Å². The number of carbonyl (C=O) groups is 1. The number of nitrogens with two attached hydrogens (primary N) is 1. The number of piperidine rings is 1. The first kappa shape index (κ1) is 16.6. The Morgan fingerprint density at radius 3 is 2.57 bits per heavy atom. The number of nitrogens with zero attached hydrogens (tertiary/aromatic N) is 2. The van der Waals surface area contributed by atoms with Crippen molar-refractivity contribution in [2.45, 2.75) is 31.2 Å². The summed E-state index contributed by atoms with van der Waals surface area (Å²) in [7, 11) is -3.50. The molecule has 21 heavy (non-hydrogen) atoms. The number of amides is 1. The number of hydrogen-bond acceptors (Lipinski definition) is 6. The van der Waals surface area contributed by atoms with E-state index in [0.717, 1.165) is 17.1 Å². The van der Waals surface area contributed by atoms with Gasteiger partial charge in [-0.05, 0) is 12.8 Å². The van der Waals surface area contributed by atoms with E-state index in [1.54, 1.807) is 4.90 Å². The van der Waals surface area contributed by atoms with Gasteiger partial charge in [-0.1, -0.05) is 0 Å². The van der Waals surface area contributed by atoms with Crippen LogP contribution >= 0.6 is 23.7 Å². The zero-order valence-electron chi connectivity index (χ0n) is 11.2. The minimum absolute atomic E-state index is 0. The van der Waals surface area contributed by atoms with E-state index in [2.05, 4.69) is 10.3 Å². The number of carbonyl (C=O) groups excluding carboxylic acids is 1. The van der Waals surface area contributed by atoms with Gasteiger partial charge in [-0.3, -0.25) is 4.79 Å². The van der Waals surface area contributed by atoms with Crippen molar-refractivity contribution in [1.82, 2.24) is 15.2 Å². The molecule has 1 fully saturated rings. The molecule has 1 saturated heterocycles. The molecule has 0 radical (unpaired) electrons. The van der Waals surface area contributed by atoms with E-state index in [1.807, 2.05) is 0 Å². The second kappa shape index (κ2) is 6.17. The van der Waals surface area contributed by atoms with E-state index in [-0.39, 0.29) is 18.3 Å². The molecule has 0 atom stereocenters. The zero-order chi connectivity index (χ0) is 14.3. The van der Waals surface area contributed by atoms with Crippen molar-refractivity contribution >= 4 is 39.7 Å². The monoisotopic (exact) mass is 352 g/mol. The minimum atomic E-state index is -3.50. The average molecular weight is 353 g/mol. The summed E-state index contributed by atoms with van der Waals surface area (Å²) in [4.78, 5) is 19.5. The van der Waals surface area contributed by atoms with Gasteiger partial charge in [-0.15, -0.1) is 23.7 Å². The summed E-state index contributed by atoms with van der Waals surface area (Å²) in [5.41, 5.74) is 0.956. The van der Waals surface area contributed by atoms with Gasteiger partial charge in [0.05, 0.1) is 10.9 Å². The highest BCUT2D eigenvalue weighted by Crippen LogP contribution is 2.25. The lowest BCUT2D eigenvalue weighted by Crippen LogP contribution is -2.44. The number of nitrogens with one attached hydrogen (secondary N) is 1. The largest absolute Gasteiger partial charge is 0.337 e. The summed E-state index contributed by atoms with van der Waals surface area (Å²) < 4.78 is 22.6. The van der Waals surface area contributed by atoms with Crippen LogP contribution in [0.5, 0.6) is 0 Å². The molecule has 0 aliphatic carbocycles. The molecular weight excluding hydrogens is 336 g/mol. The van der Waals surface area contributed by atoms with Crippen molar-refractivity contribution in [1.29, 1.82) is 0 Å². The lowest BCUT2D eigenvalue weighted by molar-refractivity contribution is 0.0725. The molecule has 0 spiro atoms. The Bertz CT molecular complexity index is 616. The third-order valence-corrected chi connectivity index (χ3v) is 6.22. The van der Waals surface area contributed by atoms with Gasteiger partial charge in [0.25, 0.3) is 5.91 Å². The fraction of sp³-hybridized carbons (Fsp3) is 0.636. The Morgan fingerprint density at radius 2 is 2.00 bits per heavy atom. The third kappa shape index (κ3) is 3.37. The molecule has 3 heterocycles. The first-order valence-electron chi connectivity index (χ1n) is 6.45. The van der Waals surface area contributed by atoms with Crippen LogP contribution in [0.1, 0.15) is 33.2 Å². The molecule has 1 aromatic rings. The molecule has 0 aromatic carbocycles. The molecule has 7 nitrogen and oxygen atoms in total. The van der Waals surface area contributed by atoms with Crippen LogP contribution in [0.3, 0.4) is 0 Å². The summed E-state index contributed by atoms with van der Waals surface area (Å²) in [5.74, 6) is -0.0998. The second-order valence-corrected chi connectivity index (χ2v) is 8.00. The summed E-state index contributed by atoms with van der Waals surface area (Å²) >= 11 is 1.42. The Balaban J connectivity index is 0.00000161. The van der Waals surface area contributed by atoms with Gasteiger partial charge in [0.15, 0.2) is 5.01 Å². The number of sulfonamides is 1. The van der Waals surface area contributed by atoms with Crippen molar-refractivity contribution < 1.29 is 13.2 Å². The van der Waals surface area contributed by atoms with Crippen LogP contribution in [0.15, 0.2) is 0 Å². The highest BCUT2D eigenvalue weighted by Gasteiger charge is 2.31. The van der Waals surface area contributed by atoms with E-state index in [0.29, 0.717) is 37.5 Å². The summed E-state index contributed by atoms with van der Waals surface area (Å²) in [6.07, 6.45) is 0.800. The van der Waals surface area contributed by atoms with Crippen LogP contribution in [0.4, 0.5) is 0 Å². The molecule has 118 valence electrons. The Labute approximate surface area is 133 Å². The average Bonchev–Trinajstić information content (AvgIpc) is 2.97. The number of rotatable bonds is 2. The molecule has 10 heteroatoms. The van der Waals surface area contributed by atoms with Gasteiger partial charge in [-0.2, -0.15) is 0 Å². The van der Waals surface area contributed by atoms with Crippen LogP contribution in [0, 0.1) is 0 Å². The Kier molecular flexibility index (Phi) is 4.89. The van der Waals surface area contributed by atoms with Crippen molar-refractivity contribution in [2.75, 3.05) is 13.1 Å². The topological polar surface area (TPSA) is 105 Å². The first-order chi connectivity index (χ1) is 9.45. The maximum Gasteiger partial charge on any atom is 0.282 e. The highest BCUT2D eigenvalue weighted by molar-refractivity contribution is 7.89. The summed E-state index contributed by atoms with van der Waals surface area (Å²) in [6, 6.07) is 0. The number of hydrogen-bond donors (Lipinski definition) is 2. The normalized spacial score (nSPS) is 19.2. The summed E-state index contributed by atoms with van der Waals surface area (Å²) in [6.45, 7) is 2.32. The fourth-order valence-electron chi connectivity index (χ4n) is 2.57. The molecule has 2 aliphatic heterocycles. The SMILES string of the molecule is Cl.NS(=O)(=O)C1CCN(C(=O)c2nc3c(s2)CNC3)CC1. The van der Waals surface area contributed by atoms with E-state index in [1.165, 1.54) is 11.3 Å². The van der Waals surface area contributed by atoms with E-state index in [4.69, 9.17) is 5.14 Å². The molecule has 0 unspecified atom stereocenters. The lowest BCUT2D eigenvalue weighted by atomic mass is 10.1. The molecule has 0 bridgehead atoms. The fourth-order valence-corrected chi connectivity index (χ4v) is 4.45. The van der Waals surface area contributed by atoms with Crippen LogP contribution in [-0.2, 0) is 23.1 Å². The van der Waals surface area contributed by atoms with Crippen LogP contribution < -0.4 is 10.5 Å². The smallest absolute Gasteiger partial charge is 0.282 e. The van der Waals surface area contributed by atoms with E-state index >= 15 is 0 Å². The van der Waals surface area contributed by atoms with E-state index in [9.17, 15) is 13.2 Å². The summed E-state index contributed by atoms with van der Waals surface area (Å²) in [5, 5.41) is 8.30. The van der Waals surface area contributed by atoms with E-state index < -0.39 is 15.3 Å². The molecule has 1 amide bonds. The lowest BCUT2D eigenvalue weighted by Gasteiger charge is -2.30. The van der Waals surface area contributed by atoms with Crippen LogP contribution in [-0.4, -0.2) is 42.5 Å². The number of primary sulfonamides is 1. The van der Waals surface area contributed by atoms with Crippen molar-refractivity contribution in [3.05, 3.63) is 15.6 Å². The highest BCUT2D eigenvalue weighted by atomic mass is 35.5. The van der Waals surface area contributed by atoms with Crippen molar-refractivity contribution in [3.8, 4) is 0 Å². The van der Waals surface area contributed by atoms with Gasteiger partial charge < -0.3 is 10.2 Å². The van der Waals surface area contributed by atoms with Gasteiger partial charge in [-0.25, -0.2) is 18.5 Å².